The van der Waals surface area contributed by atoms with Gasteiger partial charge in [-0.25, -0.2) is 4.98 Å². The van der Waals surface area contributed by atoms with Crippen molar-refractivity contribution < 1.29 is 9.53 Å². The van der Waals surface area contributed by atoms with Gasteiger partial charge in [-0.05, 0) is 38.1 Å². The first kappa shape index (κ1) is 19.9. The van der Waals surface area contributed by atoms with E-state index in [1.807, 2.05) is 6.07 Å². The van der Waals surface area contributed by atoms with Crippen LogP contribution in [-0.2, 0) is 16.1 Å². The Morgan fingerprint density at radius 2 is 2.03 bits per heavy atom. The third-order valence-corrected chi connectivity index (χ3v) is 6.75. The van der Waals surface area contributed by atoms with Crippen LogP contribution in [0.25, 0.3) is 11.0 Å². The number of nitrogens with one attached hydrogen (secondary N) is 1. The Hall–Kier alpha value is -2.03. The summed E-state index contributed by atoms with van der Waals surface area (Å²) in [6.45, 7) is 7.93. The normalized spacial score (nSPS) is 26.1. The molecule has 3 fully saturated rings. The van der Waals surface area contributed by atoms with E-state index in [9.17, 15) is 4.79 Å². The zero-order chi connectivity index (χ0) is 20.3. The van der Waals surface area contributed by atoms with Gasteiger partial charge in [0.05, 0.1) is 24.9 Å². The molecule has 0 saturated carbocycles. The molecule has 3 aliphatic rings. The Balaban J connectivity index is 1.25. The molecule has 8 nitrogen and oxygen atoms in total. The van der Waals surface area contributed by atoms with E-state index in [4.69, 9.17) is 4.74 Å². The molecule has 30 heavy (non-hydrogen) atoms. The van der Waals surface area contributed by atoms with Gasteiger partial charge in [0.2, 0.25) is 5.91 Å². The minimum atomic E-state index is 0.124. The highest BCUT2D eigenvalue weighted by atomic mass is 16.5. The van der Waals surface area contributed by atoms with Crippen LogP contribution in [0.2, 0.25) is 0 Å². The molecule has 2 bridgehead atoms. The molecule has 2 aromatic heterocycles. The molecule has 0 aromatic carbocycles. The fraction of sp³-hybridized carbons (Fsp3) is 0.682. The van der Waals surface area contributed by atoms with E-state index >= 15 is 0 Å². The van der Waals surface area contributed by atoms with Crippen LogP contribution in [0.15, 0.2) is 18.3 Å². The Bertz CT molecular complexity index is 864. The predicted molar refractivity (Wildman–Crippen MR) is 114 cm³/mol. The molecule has 2 aromatic rings. The van der Waals surface area contributed by atoms with Crippen LogP contribution in [-0.4, -0.2) is 94.3 Å². The first-order chi connectivity index (χ1) is 14.8. The summed E-state index contributed by atoms with van der Waals surface area (Å²) in [7, 11) is 0. The molecule has 3 aliphatic heterocycles. The van der Waals surface area contributed by atoms with Crippen molar-refractivity contribution in [2.75, 3.05) is 52.5 Å². The van der Waals surface area contributed by atoms with Crippen LogP contribution in [0, 0.1) is 5.92 Å². The van der Waals surface area contributed by atoms with E-state index < -0.39 is 0 Å². The van der Waals surface area contributed by atoms with Gasteiger partial charge in [-0.1, -0.05) is 6.42 Å². The number of ether oxygens (including phenoxy) is 1. The number of carbonyl (C=O) groups is 1. The number of carbonyl (C=O) groups excluding carboxylic acids is 1. The predicted octanol–water partition coefficient (Wildman–Crippen LogP) is 1.49. The fourth-order valence-corrected chi connectivity index (χ4v) is 5.20. The minimum absolute atomic E-state index is 0.124. The second-order valence-electron chi connectivity index (χ2n) is 9.03. The number of hydrogen-bond donors (Lipinski definition) is 1. The maximum absolute atomic E-state index is 13.1. The Morgan fingerprint density at radius 3 is 2.93 bits per heavy atom. The molecule has 3 saturated heterocycles. The number of H-pyrrole nitrogens is 1. The SMILES string of the molecule is O=C(CCN1CCCCC1)N1C[C@H]2COC[C@@H]1CN(Cc1[nH]nc3ncccc13)C2. The number of aromatic amines is 1. The lowest BCUT2D eigenvalue weighted by molar-refractivity contribution is -0.134. The van der Waals surface area contributed by atoms with Crippen molar-refractivity contribution in [3.8, 4) is 0 Å². The molecular formula is C22H32N6O2. The average Bonchev–Trinajstić information content (AvgIpc) is 2.94. The van der Waals surface area contributed by atoms with Crippen LogP contribution < -0.4 is 0 Å². The Kier molecular flexibility index (Phi) is 5.97. The number of rotatable bonds is 5. The molecule has 162 valence electrons. The molecular weight excluding hydrogens is 380 g/mol. The molecule has 8 heteroatoms. The first-order valence-electron chi connectivity index (χ1n) is 11.4. The highest BCUT2D eigenvalue weighted by Gasteiger charge is 2.36. The van der Waals surface area contributed by atoms with Crippen LogP contribution in [0.5, 0.6) is 0 Å². The largest absolute Gasteiger partial charge is 0.379 e. The molecule has 5 heterocycles. The summed E-state index contributed by atoms with van der Waals surface area (Å²) in [4.78, 5) is 24.5. The van der Waals surface area contributed by atoms with Crippen molar-refractivity contribution in [2.24, 2.45) is 5.92 Å². The van der Waals surface area contributed by atoms with Crippen LogP contribution in [0.4, 0.5) is 0 Å². The van der Waals surface area contributed by atoms with E-state index in [-0.39, 0.29) is 6.04 Å². The zero-order valence-electron chi connectivity index (χ0n) is 17.6. The van der Waals surface area contributed by atoms with Crippen molar-refractivity contribution in [3.05, 3.63) is 24.0 Å². The summed E-state index contributed by atoms with van der Waals surface area (Å²) >= 11 is 0. The maximum atomic E-state index is 13.1. The van der Waals surface area contributed by atoms with Gasteiger partial charge in [-0.2, -0.15) is 5.10 Å². The number of nitrogens with zero attached hydrogens (tertiary/aromatic N) is 5. The number of hydrogen-bond acceptors (Lipinski definition) is 6. The number of piperidine rings is 1. The second kappa shape index (κ2) is 8.99. The molecule has 1 N–H and O–H groups in total. The van der Waals surface area contributed by atoms with E-state index in [0.717, 1.165) is 69.1 Å². The average molecular weight is 413 g/mol. The van der Waals surface area contributed by atoms with Gasteiger partial charge in [0.15, 0.2) is 5.65 Å². The van der Waals surface area contributed by atoms with Crippen molar-refractivity contribution >= 4 is 16.9 Å². The fourth-order valence-electron chi connectivity index (χ4n) is 5.20. The number of fused-ring (bicyclic) bond motifs is 4. The number of likely N-dealkylation sites (tertiary alicyclic amines) is 1. The molecule has 0 spiro atoms. The molecule has 0 radical (unpaired) electrons. The minimum Gasteiger partial charge on any atom is -0.379 e. The van der Waals surface area contributed by atoms with Gasteiger partial charge < -0.3 is 14.5 Å². The van der Waals surface area contributed by atoms with Gasteiger partial charge in [0.25, 0.3) is 0 Å². The van der Waals surface area contributed by atoms with Crippen molar-refractivity contribution in [1.29, 1.82) is 0 Å². The van der Waals surface area contributed by atoms with Crippen molar-refractivity contribution in [3.63, 3.8) is 0 Å². The van der Waals surface area contributed by atoms with Crippen LogP contribution in [0.1, 0.15) is 31.4 Å². The lowest BCUT2D eigenvalue weighted by Gasteiger charge is -2.32. The summed E-state index contributed by atoms with van der Waals surface area (Å²) in [5, 5.41) is 8.58. The molecule has 0 unspecified atom stereocenters. The van der Waals surface area contributed by atoms with Gasteiger partial charge in [-0.15, -0.1) is 0 Å². The van der Waals surface area contributed by atoms with Gasteiger partial charge in [-0.3, -0.25) is 14.8 Å². The molecule has 5 rings (SSSR count). The summed E-state index contributed by atoms with van der Waals surface area (Å²) in [6.07, 6.45) is 6.26. The monoisotopic (exact) mass is 412 g/mol. The van der Waals surface area contributed by atoms with Gasteiger partial charge in [0.1, 0.15) is 0 Å². The molecule has 0 aliphatic carbocycles. The molecule has 1 amide bonds. The zero-order valence-corrected chi connectivity index (χ0v) is 17.6. The standard InChI is InChI=1S/C22H32N6O2/c29-21(6-10-26-8-2-1-3-9-26)28-12-17-11-27(13-18(28)16-30-15-17)14-20-19-5-4-7-23-22(19)25-24-20/h4-5,7,17-18H,1-3,6,8-16H2,(H,23,24,25)/t17-,18-/m0/s1. The topological polar surface area (TPSA) is 77.6 Å². The lowest BCUT2D eigenvalue weighted by atomic mass is 10.1. The van der Waals surface area contributed by atoms with Crippen LogP contribution in [0.3, 0.4) is 0 Å². The third-order valence-electron chi connectivity index (χ3n) is 6.75. The van der Waals surface area contributed by atoms with E-state index in [1.165, 1.54) is 19.3 Å². The van der Waals surface area contributed by atoms with E-state index in [2.05, 4.69) is 35.9 Å². The van der Waals surface area contributed by atoms with Crippen molar-refractivity contribution in [1.82, 2.24) is 29.9 Å². The Labute approximate surface area is 177 Å². The quantitative estimate of drug-likeness (QED) is 0.802. The Morgan fingerprint density at radius 1 is 1.13 bits per heavy atom. The lowest BCUT2D eigenvalue weighted by Crippen LogP contribution is -2.47. The second-order valence-corrected chi connectivity index (χ2v) is 9.03. The highest BCUT2D eigenvalue weighted by Crippen LogP contribution is 2.23. The van der Waals surface area contributed by atoms with Gasteiger partial charge >= 0.3 is 0 Å². The summed E-state index contributed by atoms with van der Waals surface area (Å²) in [6, 6.07) is 4.15. The first-order valence-corrected chi connectivity index (χ1v) is 11.4. The highest BCUT2D eigenvalue weighted by molar-refractivity contribution is 5.77. The van der Waals surface area contributed by atoms with Crippen molar-refractivity contribution in [2.45, 2.75) is 38.3 Å². The number of aromatic nitrogens is 3. The number of amides is 1. The smallest absolute Gasteiger partial charge is 0.224 e. The number of pyridine rings is 1. The van der Waals surface area contributed by atoms with Gasteiger partial charge in [0, 0.05) is 56.6 Å². The third kappa shape index (κ3) is 4.36. The van der Waals surface area contributed by atoms with E-state index in [0.29, 0.717) is 24.9 Å². The summed E-state index contributed by atoms with van der Waals surface area (Å²) in [5.41, 5.74) is 1.86. The van der Waals surface area contributed by atoms with Crippen LogP contribution >= 0.6 is 0 Å². The summed E-state index contributed by atoms with van der Waals surface area (Å²) in [5.74, 6) is 0.642. The summed E-state index contributed by atoms with van der Waals surface area (Å²) < 4.78 is 5.93. The maximum Gasteiger partial charge on any atom is 0.224 e. The van der Waals surface area contributed by atoms with E-state index in [1.54, 1.807) is 6.20 Å². The molecule has 2 atom stereocenters.